The molecule has 0 saturated carbocycles. The zero-order valence-electron chi connectivity index (χ0n) is 11.1. The Balaban J connectivity index is 1.87. The van der Waals surface area contributed by atoms with Gasteiger partial charge in [0.1, 0.15) is 6.61 Å². The average Bonchev–Trinajstić information content (AvgIpc) is 2.75. The van der Waals surface area contributed by atoms with Crippen LogP contribution in [0.4, 0.5) is 0 Å². The van der Waals surface area contributed by atoms with Crippen LogP contribution in [-0.4, -0.2) is 41.8 Å². The van der Waals surface area contributed by atoms with E-state index in [2.05, 4.69) is 11.8 Å². The quantitative estimate of drug-likeness (QED) is 0.890. The lowest BCUT2D eigenvalue weighted by Gasteiger charge is -2.35. The van der Waals surface area contributed by atoms with Crippen LogP contribution in [0.25, 0.3) is 0 Å². The molecule has 1 saturated heterocycles. The van der Waals surface area contributed by atoms with Crippen LogP contribution in [0.2, 0.25) is 8.67 Å². The second-order valence-electron chi connectivity index (χ2n) is 4.90. The normalized spacial score (nSPS) is 19.1. The number of ether oxygens (including phenoxy) is 1. The summed E-state index contributed by atoms with van der Waals surface area (Å²) in [7, 11) is 0. The average molecular weight is 338 g/mol. The van der Waals surface area contributed by atoms with E-state index in [1.54, 1.807) is 0 Å². The Morgan fingerprint density at radius 3 is 2.70 bits per heavy atom. The number of aliphatic carboxylic acids is 1. The molecule has 0 spiro atoms. The Labute approximate surface area is 132 Å². The number of likely N-dealkylation sites (tertiary alicyclic amines) is 1. The monoisotopic (exact) mass is 337 g/mol. The number of carboxylic acid groups (broad SMARTS) is 1. The number of carboxylic acids is 1. The van der Waals surface area contributed by atoms with Gasteiger partial charge in [-0.05, 0) is 25.8 Å². The molecule has 1 N–H and O–H groups in total. The van der Waals surface area contributed by atoms with Gasteiger partial charge in [-0.2, -0.15) is 0 Å². The van der Waals surface area contributed by atoms with Crippen LogP contribution in [-0.2, 0) is 9.53 Å². The summed E-state index contributed by atoms with van der Waals surface area (Å²) < 4.78 is 6.78. The van der Waals surface area contributed by atoms with E-state index < -0.39 is 5.97 Å². The van der Waals surface area contributed by atoms with E-state index in [1.807, 2.05) is 6.07 Å². The van der Waals surface area contributed by atoms with E-state index in [0.29, 0.717) is 4.34 Å². The first-order chi connectivity index (χ1) is 9.47. The summed E-state index contributed by atoms with van der Waals surface area (Å²) in [6, 6.07) is 2.14. The van der Waals surface area contributed by atoms with Gasteiger partial charge < -0.3 is 9.84 Å². The number of hydrogen-bond donors (Lipinski definition) is 1. The maximum Gasteiger partial charge on any atom is 0.329 e. The zero-order valence-corrected chi connectivity index (χ0v) is 13.5. The highest BCUT2D eigenvalue weighted by molar-refractivity contribution is 7.20. The molecule has 1 fully saturated rings. The number of nitrogens with zero attached hydrogens (tertiary/aromatic N) is 1. The maximum atomic E-state index is 10.5. The predicted octanol–water partition coefficient (Wildman–Crippen LogP) is 3.68. The van der Waals surface area contributed by atoms with Crippen molar-refractivity contribution in [1.29, 1.82) is 0 Å². The summed E-state index contributed by atoms with van der Waals surface area (Å²) >= 11 is 13.6. The topological polar surface area (TPSA) is 49.8 Å². The molecular weight excluding hydrogens is 321 g/mol. The van der Waals surface area contributed by atoms with Crippen molar-refractivity contribution in [1.82, 2.24) is 4.90 Å². The van der Waals surface area contributed by atoms with E-state index in [-0.39, 0.29) is 18.8 Å². The zero-order chi connectivity index (χ0) is 14.7. The number of hydrogen-bond acceptors (Lipinski definition) is 4. The molecule has 0 aliphatic carbocycles. The molecular formula is C13H17Cl2NO3S. The van der Waals surface area contributed by atoms with Crippen LogP contribution < -0.4 is 0 Å². The molecule has 0 amide bonds. The first kappa shape index (κ1) is 16.0. The van der Waals surface area contributed by atoms with Crippen LogP contribution in [0.1, 0.15) is 31.4 Å². The number of piperidine rings is 1. The van der Waals surface area contributed by atoms with Crippen molar-refractivity contribution in [2.45, 2.75) is 31.9 Å². The number of carbonyl (C=O) groups is 1. The highest BCUT2D eigenvalue weighted by Crippen LogP contribution is 2.37. The van der Waals surface area contributed by atoms with Crippen LogP contribution >= 0.6 is 34.5 Å². The van der Waals surface area contributed by atoms with Crippen LogP contribution in [0.15, 0.2) is 6.07 Å². The van der Waals surface area contributed by atoms with E-state index in [4.69, 9.17) is 33.0 Å². The van der Waals surface area contributed by atoms with Crippen LogP contribution in [0, 0.1) is 0 Å². The molecule has 1 aromatic heterocycles. The molecule has 1 atom stereocenters. The summed E-state index contributed by atoms with van der Waals surface area (Å²) in [5.41, 5.74) is 1.06. The lowest BCUT2D eigenvalue weighted by atomic mass is 10.0. The lowest BCUT2D eigenvalue weighted by Crippen LogP contribution is -2.39. The fourth-order valence-electron chi connectivity index (χ4n) is 2.45. The third kappa shape index (κ3) is 4.09. The summed E-state index contributed by atoms with van der Waals surface area (Å²) in [5.74, 6) is -0.916. The molecule has 1 aliphatic heterocycles. The van der Waals surface area contributed by atoms with Crippen molar-refractivity contribution in [3.63, 3.8) is 0 Å². The maximum absolute atomic E-state index is 10.5. The molecule has 2 heterocycles. The minimum absolute atomic E-state index is 0.0380. The fourth-order valence-corrected chi connectivity index (χ4v) is 4.09. The fraction of sp³-hybridized carbons (Fsp3) is 0.615. The summed E-state index contributed by atoms with van der Waals surface area (Å²) in [5, 5.41) is 8.60. The molecule has 0 radical (unpaired) electrons. The first-order valence-electron chi connectivity index (χ1n) is 6.49. The molecule has 20 heavy (non-hydrogen) atoms. The van der Waals surface area contributed by atoms with Crippen molar-refractivity contribution in [2.24, 2.45) is 0 Å². The number of thiophene rings is 1. The highest BCUT2D eigenvalue weighted by Gasteiger charge is 2.26. The van der Waals surface area contributed by atoms with Crippen molar-refractivity contribution in [2.75, 3.05) is 19.7 Å². The van der Waals surface area contributed by atoms with Gasteiger partial charge in [0.25, 0.3) is 0 Å². The van der Waals surface area contributed by atoms with Crippen molar-refractivity contribution >= 4 is 40.5 Å². The van der Waals surface area contributed by atoms with Crippen LogP contribution in [0.3, 0.4) is 0 Å². The van der Waals surface area contributed by atoms with Gasteiger partial charge in [-0.3, -0.25) is 4.90 Å². The molecule has 1 aliphatic rings. The van der Waals surface area contributed by atoms with Crippen LogP contribution in [0.5, 0.6) is 0 Å². The summed E-state index contributed by atoms with van der Waals surface area (Å²) in [4.78, 5) is 12.8. The standard InChI is InChI=1S/C13H17Cl2NO3S/c1-8(10-6-11(14)20-13(10)15)16-4-2-9(3-5-16)19-7-12(17)18/h6,8-9H,2-5,7H2,1H3,(H,17,18). The van der Waals surface area contributed by atoms with E-state index in [1.165, 1.54) is 11.3 Å². The van der Waals surface area contributed by atoms with Gasteiger partial charge in [0.2, 0.25) is 0 Å². The van der Waals surface area contributed by atoms with Crippen molar-refractivity contribution < 1.29 is 14.6 Å². The van der Waals surface area contributed by atoms with E-state index >= 15 is 0 Å². The molecule has 112 valence electrons. The Morgan fingerprint density at radius 2 is 2.20 bits per heavy atom. The smallest absolute Gasteiger partial charge is 0.329 e. The highest BCUT2D eigenvalue weighted by atomic mass is 35.5. The lowest BCUT2D eigenvalue weighted by molar-refractivity contribution is -0.145. The van der Waals surface area contributed by atoms with Gasteiger partial charge >= 0.3 is 5.97 Å². The largest absolute Gasteiger partial charge is 0.480 e. The van der Waals surface area contributed by atoms with Gasteiger partial charge in [0, 0.05) is 24.7 Å². The minimum atomic E-state index is -0.916. The van der Waals surface area contributed by atoms with Crippen molar-refractivity contribution in [3.8, 4) is 0 Å². The Bertz CT molecular complexity index is 472. The molecule has 0 bridgehead atoms. The number of halogens is 2. The van der Waals surface area contributed by atoms with Crippen molar-refractivity contribution in [3.05, 3.63) is 20.3 Å². The third-order valence-electron chi connectivity index (χ3n) is 3.60. The molecule has 1 unspecified atom stereocenters. The molecule has 4 nitrogen and oxygen atoms in total. The van der Waals surface area contributed by atoms with Gasteiger partial charge in [0.15, 0.2) is 0 Å². The Hall–Kier alpha value is -0.330. The minimum Gasteiger partial charge on any atom is -0.480 e. The van der Waals surface area contributed by atoms with E-state index in [0.717, 1.165) is 35.8 Å². The Morgan fingerprint density at radius 1 is 1.55 bits per heavy atom. The van der Waals surface area contributed by atoms with Gasteiger partial charge in [-0.15, -0.1) is 11.3 Å². The SMILES string of the molecule is CC(c1cc(Cl)sc1Cl)N1CCC(OCC(=O)O)CC1. The van der Waals surface area contributed by atoms with Gasteiger partial charge in [-0.25, -0.2) is 4.79 Å². The molecule has 0 aromatic carbocycles. The second kappa shape index (κ2) is 7.09. The Kier molecular flexibility index (Phi) is 5.69. The molecule has 2 rings (SSSR count). The summed E-state index contributed by atoms with van der Waals surface area (Å²) in [6.45, 7) is 3.64. The number of rotatable bonds is 5. The second-order valence-corrected chi connectivity index (χ2v) is 7.18. The molecule has 7 heteroatoms. The third-order valence-corrected chi connectivity index (χ3v) is 5.12. The summed E-state index contributed by atoms with van der Waals surface area (Å²) in [6.07, 6.45) is 1.72. The predicted molar refractivity (Wildman–Crippen MR) is 80.9 cm³/mol. The molecule has 1 aromatic rings. The first-order valence-corrected chi connectivity index (χ1v) is 8.06. The van der Waals surface area contributed by atoms with E-state index in [9.17, 15) is 4.79 Å². The van der Waals surface area contributed by atoms with Gasteiger partial charge in [0.05, 0.1) is 14.8 Å². The van der Waals surface area contributed by atoms with Gasteiger partial charge in [-0.1, -0.05) is 23.2 Å².